The molecular formula is C15H12ClN3O2. The SMILES string of the molecule is C/C(=N\n1c(=O)oc2ccccc21)c1cc(Cl)ccc1N. The van der Waals surface area contributed by atoms with E-state index in [4.69, 9.17) is 21.8 Å². The first-order valence-electron chi connectivity index (χ1n) is 6.28. The highest BCUT2D eigenvalue weighted by Gasteiger charge is 2.10. The van der Waals surface area contributed by atoms with Crippen LogP contribution in [0.25, 0.3) is 11.1 Å². The summed E-state index contributed by atoms with van der Waals surface area (Å²) in [7, 11) is 0. The van der Waals surface area contributed by atoms with E-state index < -0.39 is 5.76 Å². The number of oxazole rings is 1. The second-order valence-electron chi connectivity index (χ2n) is 4.56. The van der Waals surface area contributed by atoms with E-state index >= 15 is 0 Å². The molecule has 1 aromatic heterocycles. The summed E-state index contributed by atoms with van der Waals surface area (Å²) >= 11 is 5.97. The quantitative estimate of drug-likeness (QED) is 0.584. The maximum absolute atomic E-state index is 11.9. The fourth-order valence-corrected chi connectivity index (χ4v) is 2.27. The summed E-state index contributed by atoms with van der Waals surface area (Å²) in [5, 5.41) is 4.86. The molecule has 2 N–H and O–H groups in total. The van der Waals surface area contributed by atoms with Crippen LogP contribution in [0, 0.1) is 0 Å². The van der Waals surface area contributed by atoms with Crippen LogP contribution in [0.2, 0.25) is 5.02 Å². The number of hydrogen-bond acceptors (Lipinski definition) is 4. The number of rotatable bonds is 2. The molecule has 0 saturated heterocycles. The first-order chi connectivity index (χ1) is 10.1. The Labute approximate surface area is 125 Å². The lowest BCUT2D eigenvalue weighted by atomic mass is 10.1. The van der Waals surface area contributed by atoms with Crippen molar-refractivity contribution in [2.24, 2.45) is 5.10 Å². The zero-order valence-corrected chi connectivity index (χ0v) is 12.0. The van der Waals surface area contributed by atoms with E-state index in [0.717, 1.165) is 0 Å². The predicted octanol–water partition coefficient (Wildman–Crippen LogP) is 3.10. The number of nitrogens with two attached hydrogens (primary N) is 1. The van der Waals surface area contributed by atoms with Gasteiger partial charge in [-0.25, -0.2) is 4.79 Å². The highest BCUT2D eigenvalue weighted by Crippen LogP contribution is 2.19. The Bertz CT molecular complexity index is 909. The first kappa shape index (κ1) is 13.5. The van der Waals surface area contributed by atoms with Crippen molar-refractivity contribution in [1.82, 2.24) is 4.68 Å². The van der Waals surface area contributed by atoms with Gasteiger partial charge in [0, 0.05) is 16.3 Å². The maximum atomic E-state index is 11.9. The zero-order chi connectivity index (χ0) is 15.0. The highest BCUT2D eigenvalue weighted by molar-refractivity contribution is 6.31. The third kappa shape index (κ3) is 2.43. The van der Waals surface area contributed by atoms with Crippen LogP contribution in [0.4, 0.5) is 5.69 Å². The molecule has 1 heterocycles. The molecule has 0 atom stereocenters. The lowest BCUT2D eigenvalue weighted by molar-refractivity contribution is 0.525. The minimum absolute atomic E-state index is 0.484. The largest absolute Gasteiger partial charge is 0.440 e. The topological polar surface area (TPSA) is 73.5 Å². The molecule has 0 bridgehead atoms. The Morgan fingerprint density at radius 2 is 2.05 bits per heavy atom. The summed E-state index contributed by atoms with van der Waals surface area (Å²) in [5.74, 6) is -0.545. The molecule has 0 radical (unpaired) electrons. The fourth-order valence-electron chi connectivity index (χ4n) is 2.09. The van der Waals surface area contributed by atoms with Gasteiger partial charge in [-0.3, -0.25) is 0 Å². The van der Waals surface area contributed by atoms with Crippen LogP contribution in [-0.2, 0) is 0 Å². The Kier molecular flexibility index (Phi) is 3.27. The average Bonchev–Trinajstić information content (AvgIpc) is 2.78. The van der Waals surface area contributed by atoms with Crippen LogP contribution in [-0.4, -0.2) is 10.4 Å². The third-order valence-corrected chi connectivity index (χ3v) is 3.35. The molecule has 0 unspecified atom stereocenters. The molecule has 21 heavy (non-hydrogen) atoms. The van der Waals surface area contributed by atoms with Crippen molar-refractivity contribution in [1.29, 1.82) is 0 Å². The molecule has 5 nitrogen and oxygen atoms in total. The highest BCUT2D eigenvalue weighted by atomic mass is 35.5. The van der Waals surface area contributed by atoms with E-state index in [0.29, 0.717) is 33.1 Å². The number of nitrogen functional groups attached to an aromatic ring is 1. The first-order valence-corrected chi connectivity index (χ1v) is 6.65. The Morgan fingerprint density at radius 1 is 1.29 bits per heavy atom. The number of aromatic nitrogens is 1. The van der Waals surface area contributed by atoms with Crippen LogP contribution in [0.15, 0.2) is 56.8 Å². The minimum Gasteiger partial charge on any atom is -0.406 e. The number of anilines is 1. The Hall–Kier alpha value is -2.53. The summed E-state index contributed by atoms with van der Waals surface area (Å²) in [6.07, 6.45) is 0. The van der Waals surface area contributed by atoms with Crippen molar-refractivity contribution in [3.05, 3.63) is 63.6 Å². The van der Waals surface area contributed by atoms with E-state index in [-0.39, 0.29) is 0 Å². The minimum atomic E-state index is -0.545. The smallest absolute Gasteiger partial charge is 0.406 e. The number of fused-ring (bicyclic) bond motifs is 1. The number of halogens is 1. The van der Waals surface area contributed by atoms with Gasteiger partial charge in [0.05, 0.1) is 5.71 Å². The Balaban J connectivity index is 2.18. The normalized spacial score (nSPS) is 12.0. The monoisotopic (exact) mass is 301 g/mol. The molecule has 0 amide bonds. The van der Waals surface area contributed by atoms with E-state index in [1.807, 2.05) is 6.07 Å². The van der Waals surface area contributed by atoms with Gasteiger partial charge in [0.15, 0.2) is 5.58 Å². The molecule has 3 rings (SSSR count). The summed E-state index contributed by atoms with van der Waals surface area (Å²) in [5.41, 5.74) is 8.80. The summed E-state index contributed by atoms with van der Waals surface area (Å²) in [6, 6.07) is 12.2. The molecule has 6 heteroatoms. The van der Waals surface area contributed by atoms with Crippen molar-refractivity contribution in [2.45, 2.75) is 6.92 Å². The van der Waals surface area contributed by atoms with Gasteiger partial charge < -0.3 is 10.2 Å². The Morgan fingerprint density at radius 3 is 2.86 bits per heavy atom. The van der Waals surface area contributed by atoms with Gasteiger partial charge >= 0.3 is 5.76 Å². The van der Waals surface area contributed by atoms with Gasteiger partial charge in [0.25, 0.3) is 0 Å². The van der Waals surface area contributed by atoms with Crippen molar-refractivity contribution in [2.75, 3.05) is 5.73 Å². The average molecular weight is 302 g/mol. The van der Waals surface area contributed by atoms with Crippen LogP contribution in [0.3, 0.4) is 0 Å². The van der Waals surface area contributed by atoms with Crippen molar-refractivity contribution < 1.29 is 4.42 Å². The van der Waals surface area contributed by atoms with Crippen LogP contribution < -0.4 is 11.5 Å². The molecule has 0 fully saturated rings. The molecular weight excluding hydrogens is 290 g/mol. The third-order valence-electron chi connectivity index (χ3n) is 3.12. The van der Waals surface area contributed by atoms with Crippen LogP contribution in [0.5, 0.6) is 0 Å². The molecule has 0 saturated carbocycles. The van der Waals surface area contributed by atoms with Gasteiger partial charge in [0.2, 0.25) is 0 Å². The van der Waals surface area contributed by atoms with Crippen LogP contribution in [0.1, 0.15) is 12.5 Å². The maximum Gasteiger partial charge on any atom is 0.440 e. The van der Waals surface area contributed by atoms with E-state index in [2.05, 4.69) is 5.10 Å². The van der Waals surface area contributed by atoms with E-state index in [1.54, 1.807) is 43.3 Å². The lowest BCUT2D eigenvalue weighted by Gasteiger charge is -2.05. The number of para-hydroxylation sites is 2. The van der Waals surface area contributed by atoms with Crippen LogP contribution >= 0.6 is 11.6 Å². The second-order valence-corrected chi connectivity index (χ2v) is 5.00. The molecule has 0 aliphatic carbocycles. The summed E-state index contributed by atoms with van der Waals surface area (Å²) in [4.78, 5) is 11.9. The predicted molar refractivity (Wildman–Crippen MR) is 83.9 cm³/mol. The number of hydrogen-bond donors (Lipinski definition) is 1. The molecule has 0 spiro atoms. The molecule has 3 aromatic rings. The molecule has 2 aromatic carbocycles. The standard InChI is InChI=1S/C15H12ClN3O2/c1-9(11-8-10(16)6-7-12(11)17)18-19-13-4-2-3-5-14(13)21-15(19)20/h2-8H,17H2,1H3/b18-9+. The number of benzene rings is 2. The van der Waals surface area contributed by atoms with Gasteiger partial charge in [-0.2, -0.15) is 9.78 Å². The van der Waals surface area contributed by atoms with E-state index in [1.165, 1.54) is 4.68 Å². The van der Waals surface area contributed by atoms with Gasteiger partial charge in [-0.05, 0) is 37.3 Å². The zero-order valence-electron chi connectivity index (χ0n) is 11.2. The van der Waals surface area contributed by atoms with Gasteiger partial charge in [0.1, 0.15) is 5.52 Å². The summed E-state index contributed by atoms with van der Waals surface area (Å²) < 4.78 is 6.35. The molecule has 0 aliphatic heterocycles. The fraction of sp³-hybridized carbons (Fsp3) is 0.0667. The van der Waals surface area contributed by atoms with E-state index in [9.17, 15) is 4.79 Å². The molecule has 106 valence electrons. The van der Waals surface area contributed by atoms with Gasteiger partial charge in [-0.1, -0.05) is 23.7 Å². The van der Waals surface area contributed by atoms with Crippen molar-refractivity contribution >= 4 is 34.1 Å². The molecule has 0 aliphatic rings. The summed E-state index contributed by atoms with van der Waals surface area (Å²) in [6.45, 7) is 1.76. The van der Waals surface area contributed by atoms with Crippen molar-refractivity contribution in [3.8, 4) is 0 Å². The van der Waals surface area contributed by atoms with Crippen molar-refractivity contribution in [3.63, 3.8) is 0 Å². The number of nitrogens with zero attached hydrogens (tertiary/aromatic N) is 2. The van der Waals surface area contributed by atoms with Gasteiger partial charge in [-0.15, -0.1) is 0 Å². The second kappa shape index (κ2) is 5.10. The lowest BCUT2D eigenvalue weighted by Crippen LogP contribution is -2.12.